The third-order valence-corrected chi connectivity index (χ3v) is 11.9. The van der Waals surface area contributed by atoms with E-state index in [2.05, 4.69) is 25.6 Å². The molecule has 2 aromatic carbocycles. The van der Waals surface area contributed by atoms with E-state index in [1.54, 1.807) is 37.4 Å². The molecule has 0 bridgehead atoms. The number of nitrogens with one attached hydrogen (secondary N) is 2. The number of methoxy groups -OCH3 is 2. The summed E-state index contributed by atoms with van der Waals surface area (Å²) >= 11 is 27.8. The highest BCUT2D eigenvalue weighted by Gasteiger charge is 2.36. The Bertz CT molecular complexity index is 2950. The second kappa shape index (κ2) is 18.6. The number of nitrogens with two attached hydrogens (primary N) is 4. The number of nitrogen functional groups attached to an aromatic ring is 2. The number of carbonyl (C=O) groups excluding carboxylic acids is 2. The number of ether oxygens (including phenoxy) is 2. The van der Waals surface area contributed by atoms with E-state index in [9.17, 15) is 19.2 Å². The van der Waals surface area contributed by atoms with E-state index in [-0.39, 0.29) is 67.3 Å². The molecule has 22 heteroatoms. The van der Waals surface area contributed by atoms with Gasteiger partial charge in [-0.25, -0.2) is 14.3 Å². The molecule has 18 nitrogen and oxygen atoms in total. The number of nitrogens with zero attached hydrogens (tertiary/aromatic N) is 6. The van der Waals surface area contributed by atoms with Crippen LogP contribution in [0, 0.1) is 0 Å². The molecule has 0 saturated heterocycles. The van der Waals surface area contributed by atoms with Gasteiger partial charge in [0.15, 0.2) is 5.56 Å². The van der Waals surface area contributed by atoms with Crippen LogP contribution in [0.1, 0.15) is 75.2 Å². The second-order valence-electron chi connectivity index (χ2n) is 15.1. The van der Waals surface area contributed by atoms with Gasteiger partial charge < -0.3 is 43.0 Å². The second-order valence-corrected chi connectivity index (χ2v) is 16.7. The average Bonchev–Trinajstić information content (AvgIpc) is 3.22. The van der Waals surface area contributed by atoms with Crippen LogP contribution in [-0.4, -0.2) is 50.1 Å². The monoisotopic (exact) mass is 949 g/mol. The first kappa shape index (κ1) is 46.0. The fourth-order valence-electron chi connectivity index (χ4n) is 7.25. The Labute approximate surface area is 385 Å². The molecule has 1 atom stereocenters. The van der Waals surface area contributed by atoms with Gasteiger partial charge in [0.05, 0.1) is 57.7 Å². The van der Waals surface area contributed by atoms with Crippen molar-refractivity contribution in [3.8, 4) is 17.1 Å². The maximum absolute atomic E-state index is 14.6. The van der Waals surface area contributed by atoms with Gasteiger partial charge in [-0.05, 0) is 73.2 Å². The quantitative estimate of drug-likeness (QED) is 0.0795. The number of rotatable bonds is 13. The molecule has 0 unspecified atom stereocenters. The molecule has 0 radical (unpaired) electrons. The lowest BCUT2D eigenvalue weighted by Crippen LogP contribution is -2.46. The van der Waals surface area contributed by atoms with Crippen LogP contribution in [0.3, 0.4) is 0 Å². The predicted molar refractivity (Wildman–Crippen MR) is 244 cm³/mol. The van der Waals surface area contributed by atoms with Gasteiger partial charge in [-0.2, -0.15) is 4.57 Å². The number of pyridine rings is 2. The molecule has 2 amide bonds. The molecule has 332 valence electrons. The van der Waals surface area contributed by atoms with Crippen LogP contribution >= 0.6 is 46.4 Å². The molecule has 10 N–H and O–H groups in total. The van der Waals surface area contributed by atoms with Crippen molar-refractivity contribution in [3.63, 3.8) is 0 Å². The zero-order valence-corrected chi connectivity index (χ0v) is 37.4. The summed E-state index contributed by atoms with van der Waals surface area (Å²) in [5, 5.41) is 5.00. The van der Waals surface area contributed by atoms with E-state index in [4.69, 9.17) is 78.8 Å². The van der Waals surface area contributed by atoms with Crippen molar-refractivity contribution in [1.29, 1.82) is 0 Å². The van der Waals surface area contributed by atoms with E-state index < -0.39 is 57.3 Å². The Hall–Kier alpha value is -5.96. The Kier molecular flexibility index (Phi) is 13.4. The molecule has 64 heavy (non-hydrogen) atoms. The van der Waals surface area contributed by atoms with Crippen molar-refractivity contribution in [2.75, 3.05) is 36.3 Å². The van der Waals surface area contributed by atoms with Crippen molar-refractivity contribution in [2.45, 2.75) is 51.0 Å². The third kappa shape index (κ3) is 8.78. The standard InChI is InChI=1S/C42H40Cl4N12O6/c1-20(47)22-9-25(14-51-12-22)54-39(60)31-37(49)57(19-58(41(31)62)34-27(43)7-21(16-63-2)8-28(34)44)33-23(17-64-3)10-29(45)35(32(33)46)56-18-53-36(48)30(40(56)61)38(59)55-26-11-24(13-52-15-26)42(50)5-4-6-42/h7-15,18-20H,4-6,16-17,47,50H2,1-3H3,(H5-,48,49,54,55,59,60,61,62)/p+1/t20-/m1/s1. The number of halogens is 4. The molecule has 1 fully saturated rings. The SMILES string of the molecule is COCc1cc(Cl)c(-n2c[n+](-c3c(COC)cc(Cl)c(-n4cnc(N)c(C(=O)Nc5cncc(C6(N)CCC6)c5)c4=O)c3Cl)c(N)c(C(=O)Nc3cncc([C@@H](C)N)c3)c2=O)c(Cl)c1. The van der Waals surface area contributed by atoms with Gasteiger partial charge in [0.2, 0.25) is 12.1 Å². The largest absolute Gasteiger partial charge is 0.383 e. The van der Waals surface area contributed by atoms with Crippen molar-refractivity contribution >= 4 is 81.2 Å². The van der Waals surface area contributed by atoms with E-state index in [0.29, 0.717) is 11.1 Å². The molecular formula is C42H41Cl4N12O6+. The lowest BCUT2D eigenvalue weighted by atomic mass is 9.73. The number of hydrogen-bond acceptors (Lipinski definition) is 13. The van der Waals surface area contributed by atoms with Gasteiger partial charge in [-0.3, -0.25) is 28.9 Å². The van der Waals surface area contributed by atoms with E-state index in [1.165, 1.54) is 49.8 Å². The number of carbonyl (C=O) groups is 2. The molecule has 1 saturated carbocycles. The molecular weight excluding hydrogens is 910 g/mol. The lowest BCUT2D eigenvalue weighted by molar-refractivity contribution is -0.585. The fourth-order valence-corrected chi connectivity index (χ4v) is 8.74. The Morgan fingerprint density at radius 1 is 0.828 bits per heavy atom. The van der Waals surface area contributed by atoms with E-state index >= 15 is 0 Å². The summed E-state index contributed by atoms with van der Waals surface area (Å²) < 4.78 is 13.9. The highest BCUT2D eigenvalue weighted by atomic mass is 35.5. The molecule has 4 aromatic heterocycles. The van der Waals surface area contributed by atoms with Crippen molar-refractivity contribution in [1.82, 2.24) is 24.1 Å². The zero-order chi connectivity index (χ0) is 46.2. The molecule has 1 aliphatic rings. The summed E-state index contributed by atoms with van der Waals surface area (Å²) in [6.45, 7) is 1.72. The first-order valence-corrected chi connectivity index (χ1v) is 20.9. The van der Waals surface area contributed by atoms with Crippen molar-refractivity contribution < 1.29 is 23.6 Å². The lowest BCUT2D eigenvalue weighted by Gasteiger charge is -2.38. The van der Waals surface area contributed by atoms with Crippen LogP contribution in [0.15, 0.2) is 77.4 Å². The third-order valence-electron chi connectivity index (χ3n) is 10.7. The number of benzene rings is 2. The Morgan fingerprint density at radius 3 is 2.03 bits per heavy atom. The van der Waals surface area contributed by atoms with Crippen LogP contribution in [0.4, 0.5) is 23.0 Å². The van der Waals surface area contributed by atoms with Gasteiger partial charge in [-0.15, -0.1) is 0 Å². The summed E-state index contributed by atoms with van der Waals surface area (Å²) in [6, 6.07) is 7.35. The summed E-state index contributed by atoms with van der Waals surface area (Å²) in [4.78, 5) is 69.6. The van der Waals surface area contributed by atoms with Gasteiger partial charge in [0.25, 0.3) is 17.4 Å². The topological polar surface area (TPSA) is 267 Å². The van der Waals surface area contributed by atoms with Crippen molar-refractivity contribution in [3.05, 3.63) is 142 Å². The Balaban J connectivity index is 1.43. The number of anilines is 4. The summed E-state index contributed by atoms with van der Waals surface area (Å²) in [6.07, 6.45) is 10.6. The van der Waals surface area contributed by atoms with Gasteiger partial charge >= 0.3 is 5.56 Å². The molecule has 6 aromatic rings. The highest BCUT2D eigenvalue weighted by molar-refractivity contribution is 6.39. The highest BCUT2D eigenvalue weighted by Crippen LogP contribution is 2.39. The van der Waals surface area contributed by atoms with Crippen LogP contribution in [0.5, 0.6) is 0 Å². The number of hydrogen-bond donors (Lipinski definition) is 6. The van der Waals surface area contributed by atoms with Crippen LogP contribution < -0.4 is 49.3 Å². The van der Waals surface area contributed by atoms with Gasteiger partial charge in [0.1, 0.15) is 34.1 Å². The van der Waals surface area contributed by atoms with Gasteiger partial charge in [-0.1, -0.05) is 46.4 Å². The summed E-state index contributed by atoms with van der Waals surface area (Å²) in [5.41, 5.74) is 24.3. The molecule has 1 aliphatic carbocycles. The molecule has 0 aliphatic heterocycles. The minimum Gasteiger partial charge on any atom is -0.383 e. The summed E-state index contributed by atoms with van der Waals surface area (Å²) in [5.74, 6) is -2.68. The summed E-state index contributed by atoms with van der Waals surface area (Å²) in [7, 11) is 2.89. The van der Waals surface area contributed by atoms with Crippen LogP contribution in [0.2, 0.25) is 20.1 Å². The molecule has 7 rings (SSSR count). The maximum atomic E-state index is 14.6. The first-order chi connectivity index (χ1) is 30.5. The van der Waals surface area contributed by atoms with Gasteiger partial charge in [0, 0.05) is 43.8 Å². The molecule has 0 spiro atoms. The smallest absolute Gasteiger partial charge is 0.331 e. The number of aromatic nitrogens is 6. The van der Waals surface area contributed by atoms with E-state index in [0.717, 1.165) is 40.3 Å². The zero-order valence-electron chi connectivity index (χ0n) is 34.4. The first-order valence-electron chi connectivity index (χ1n) is 19.4. The van der Waals surface area contributed by atoms with E-state index in [1.807, 2.05) is 0 Å². The minimum atomic E-state index is -0.960. The molecule has 4 heterocycles. The Morgan fingerprint density at radius 2 is 1.42 bits per heavy atom. The fraction of sp³-hybridized carbons (Fsp3) is 0.238. The average molecular weight is 952 g/mol. The minimum absolute atomic E-state index is 0.0107. The van der Waals surface area contributed by atoms with Crippen molar-refractivity contribution in [2.24, 2.45) is 11.5 Å². The normalized spacial score (nSPS) is 13.6. The predicted octanol–water partition coefficient (Wildman–Crippen LogP) is 5.38. The van der Waals surface area contributed by atoms with Crippen LogP contribution in [-0.2, 0) is 28.2 Å². The number of amides is 2. The van der Waals surface area contributed by atoms with Crippen LogP contribution in [0.25, 0.3) is 17.1 Å². The maximum Gasteiger partial charge on any atom is 0.331 e.